The fraction of sp³-hybridized carbons (Fsp3) is 0.286. The number of carboxylic acid groups (broad SMARTS) is 1. The number of ether oxygens (including phenoxy) is 1. The molecular formula is C28H29N5O3S. The molecule has 190 valence electrons. The van der Waals surface area contributed by atoms with Gasteiger partial charge in [0.2, 0.25) is 0 Å². The lowest BCUT2D eigenvalue weighted by Gasteiger charge is -2.16. The van der Waals surface area contributed by atoms with Crippen LogP contribution in [0.3, 0.4) is 0 Å². The van der Waals surface area contributed by atoms with Gasteiger partial charge in [0, 0.05) is 28.2 Å². The second kappa shape index (κ2) is 9.82. The van der Waals surface area contributed by atoms with E-state index in [1.165, 1.54) is 4.88 Å². The highest BCUT2D eigenvalue weighted by Gasteiger charge is 2.36. The van der Waals surface area contributed by atoms with Crippen LogP contribution in [-0.4, -0.2) is 38.7 Å². The van der Waals surface area contributed by atoms with E-state index in [1.54, 1.807) is 25.4 Å². The van der Waals surface area contributed by atoms with Crippen molar-refractivity contribution in [3.8, 4) is 10.8 Å². The molecule has 0 amide bonds. The summed E-state index contributed by atoms with van der Waals surface area (Å²) < 4.78 is 7.29. The zero-order chi connectivity index (χ0) is 26.3. The molecule has 0 radical (unpaired) electrons. The molecule has 0 fully saturated rings. The maximum Gasteiger partial charge on any atom is 0.308 e. The van der Waals surface area contributed by atoms with E-state index < -0.39 is 17.9 Å². The summed E-state index contributed by atoms with van der Waals surface area (Å²) in [6, 6.07) is 15.4. The molecule has 1 unspecified atom stereocenters. The van der Waals surface area contributed by atoms with Gasteiger partial charge in [-0.15, -0.1) is 21.5 Å². The SMILES string of the molecule is COc1cccc(CNc2ccc(C3=NC([C@H](C)C(=O)O)c4nnc(C)n4-c4sc(C)c(C)c43)cc2)c1. The minimum absolute atomic E-state index is 0.557. The first-order chi connectivity index (χ1) is 17.8. The first-order valence-electron chi connectivity index (χ1n) is 12.1. The minimum atomic E-state index is -0.921. The number of carbonyl (C=O) groups is 1. The highest BCUT2D eigenvalue weighted by atomic mass is 32.1. The van der Waals surface area contributed by atoms with Crippen LogP contribution in [0.1, 0.15) is 51.7 Å². The van der Waals surface area contributed by atoms with Crippen LogP contribution in [0.25, 0.3) is 5.00 Å². The number of hydrogen-bond donors (Lipinski definition) is 2. The van der Waals surface area contributed by atoms with Crippen LogP contribution in [0.5, 0.6) is 5.75 Å². The van der Waals surface area contributed by atoms with Crippen molar-refractivity contribution in [3.05, 3.63) is 87.3 Å². The lowest BCUT2D eigenvalue weighted by molar-refractivity contribution is -0.141. The average Bonchev–Trinajstić information content (AvgIpc) is 3.37. The van der Waals surface area contributed by atoms with Crippen molar-refractivity contribution in [1.82, 2.24) is 14.8 Å². The molecule has 5 rings (SSSR count). The zero-order valence-corrected chi connectivity index (χ0v) is 22.3. The van der Waals surface area contributed by atoms with Crippen LogP contribution in [0.4, 0.5) is 5.69 Å². The summed E-state index contributed by atoms with van der Waals surface area (Å²) in [7, 11) is 1.66. The third-order valence-electron chi connectivity index (χ3n) is 6.84. The molecule has 2 aromatic heterocycles. The number of methoxy groups -OCH3 is 1. The Bertz CT molecular complexity index is 1500. The molecule has 37 heavy (non-hydrogen) atoms. The van der Waals surface area contributed by atoms with Gasteiger partial charge in [-0.25, -0.2) is 0 Å². The Labute approximate surface area is 219 Å². The molecule has 8 nitrogen and oxygen atoms in total. The summed E-state index contributed by atoms with van der Waals surface area (Å²) in [4.78, 5) is 18.3. The molecule has 4 aromatic rings. The van der Waals surface area contributed by atoms with Gasteiger partial charge in [-0.2, -0.15) is 0 Å². The van der Waals surface area contributed by atoms with Crippen molar-refractivity contribution >= 4 is 28.7 Å². The van der Waals surface area contributed by atoms with Crippen molar-refractivity contribution in [2.75, 3.05) is 12.4 Å². The summed E-state index contributed by atoms with van der Waals surface area (Å²) in [6.45, 7) is 8.40. The number of nitrogens with one attached hydrogen (secondary N) is 1. The Morgan fingerprint density at radius 2 is 1.92 bits per heavy atom. The van der Waals surface area contributed by atoms with Crippen LogP contribution in [0.2, 0.25) is 0 Å². The first kappa shape index (κ1) is 24.7. The van der Waals surface area contributed by atoms with E-state index >= 15 is 0 Å². The summed E-state index contributed by atoms with van der Waals surface area (Å²) in [5.41, 5.74) is 5.93. The van der Waals surface area contributed by atoms with E-state index in [4.69, 9.17) is 9.73 Å². The number of carboxylic acids is 1. The Morgan fingerprint density at radius 3 is 2.62 bits per heavy atom. The fourth-order valence-electron chi connectivity index (χ4n) is 4.55. The largest absolute Gasteiger partial charge is 0.497 e. The molecule has 1 aliphatic heterocycles. The lowest BCUT2D eigenvalue weighted by Crippen LogP contribution is -2.21. The van der Waals surface area contributed by atoms with E-state index in [9.17, 15) is 9.90 Å². The highest BCUT2D eigenvalue weighted by Crippen LogP contribution is 2.40. The van der Waals surface area contributed by atoms with Crippen LogP contribution < -0.4 is 10.1 Å². The summed E-state index contributed by atoms with van der Waals surface area (Å²) in [6.07, 6.45) is 0. The predicted octanol–water partition coefficient (Wildman–Crippen LogP) is 5.49. The molecule has 2 N–H and O–H groups in total. The van der Waals surface area contributed by atoms with Crippen molar-refractivity contribution in [2.45, 2.75) is 40.3 Å². The number of fused-ring (bicyclic) bond motifs is 3. The third-order valence-corrected chi connectivity index (χ3v) is 8.03. The van der Waals surface area contributed by atoms with E-state index in [2.05, 4.69) is 35.4 Å². The number of aromatic nitrogens is 3. The molecule has 2 aromatic carbocycles. The van der Waals surface area contributed by atoms with Crippen molar-refractivity contribution in [3.63, 3.8) is 0 Å². The molecule has 0 saturated heterocycles. The first-order valence-corrected chi connectivity index (χ1v) is 12.9. The molecule has 0 aliphatic carbocycles. The maximum atomic E-state index is 12.0. The van der Waals surface area contributed by atoms with Crippen molar-refractivity contribution < 1.29 is 14.6 Å². The van der Waals surface area contributed by atoms with Gasteiger partial charge in [0.15, 0.2) is 5.82 Å². The fourth-order valence-corrected chi connectivity index (χ4v) is 5.76. The standard InChI is InChI=1S/C28H29N5O3S/c1-15-17(3)37-27-23(15)25(30-24(16(2)28(34)35)26-32-31-18(4)33(26)27)20-9-11-21(12-10-20)29-14-19-7-6-8-22(13-19)36-5/h6-13,16,24,29H,14H2,1-5H3,(H,34,35)/t16-,24?/m0/s1. The number of aliphatic imine (C=N–C) groups is 1. The number of anilines is 1. The quantitative estimate of drug-likeness (QED) is 0.338. The van der Waals surface area contributed by atoms with Gasteiger partial charge < -0.3 is 15.2 Å². The molecule has 0 saturated carbocycles. The molecular weight excluding hydrogens is 486 g/mol. The smallest absolute Gasteiger partial charge is 0.308 e. The zero-order valence-electron chi connectivity index (χ0n) is 21.4. The van der Waals surface area contributed by atoms with E-state index in [0.29, 0.717) is 18.2 Å². The van der Waals surface area contributed by atoms with E-state index in [-0.39, 0.29) is 0 Å². The van der Waals surface area contributed by atoms with Crippen molar-refractivity contribution in [2.24, 2.45) is 10.9 Å². The summed E-state index contributed by atoms with van der Waals surface area (Å²) in [5, 5.41) is 23.0. The van der Waals surface area contributed by atoms with Gasteiger partial charge >= 0.3 is 5.97 Å². The third kappa shape index (κ3) is 4.51. The van der Waals surface area contributed by atoms with E-state index in [1.807, 2.05) is 54.0 Å². The predicted molar refractivity (Wildman–Crippen MR) is 145 cm³/mol. The summed E-state index contributed by atoms with van der Waals surface area (Å²) >= 11 is 1.66. The number of benzene rings is 2. The van der Waals surface area contributed by atoms with Gasteiger partial charge in [-0.3, -0.25) is 14.4 Å². The molecule has 2 atom stereocenters. The Balaban J connectivity index is 1.54. The molecule has 0 bridgehead atoms. The van der Waals surface area contributed by atoms with Gasteiger partial charge in [0.1, 0.15) is 22.6 Å². The molecule has 3 heterocycles. The van der Waals surface area contributed by atoms with Crippen molar-refractivity contribution in [1.29, 1.82) is 0 Å². The monoisotopic (exact) mass is 515 g/mol. The highest BCUT2D eigenvalue weighted by molar-refractivity contribution is 7.15. The second-order valence-electron chi connectivity index (χ2n) is 9.24. The van der Waals surface area contributed by atoms with Gasteiger partial charge in [-0.1, -0.05) is 24.3 Å². The number of rotatable bonds is 7. The number of nitrogens with zero attached hydrogens (tertiary/aromatic N) is 4. The molecule has 9 heteroatoms. The number of aryl methyl sites for hydroxylation is 2. The molecule has 1 aliphatic rings. The Morgan fingerprint density at radius 1 is 1.16 bits per heavy atom. The van der Waals surface area contributed by atoms with Gasteiger partial charge in [0.05, 0.1) is 18.7 Å². The second-order valence-corrected chi connectivity index (χ2v) is 10.4. The Kier molecular flexibility index (Phi) is 6.55. The number of aliphatic carboxylic acids is 1. The number of hydrogen-bond acceptors (Lipinski definition) is 7. The topological polar surface area (TPSA) is 102 Å². The van der Waals surface area contributed by atoms with Gasteiger partial charge in [0.25, 0.3) is 0 Å². The average molecular weight is 516 g/mol. The molecule has 0 spiro atoms. The maximum absolute atomic E-state index is 12.0. The minimum Gasteiger partial charge on any atom is -0.497 e. The Hall–Kier alpha value is -3.98. The van der Waals surface area contributed by atoms with Gasteiger partial charge in [-0.05, 0) is 63.1 Å². The normalized spacial score (nSPS) is 15.3. The van der Waals surface area contributed by atoms with Crippen LogP contribution in [-0.2, 0) is 11.3 Å². The lowest BCUT2D eigenvalue weighted by atomic mass is 9.98. The number of thiophene rings is 1. The van der Waals surface area contributed by atoms with E-state index in [0.717, 1.165) is 44.4 Å². The van der Waals surface area contributed by atoms with Crippen LogP contribution in [0.15, 0.2) is 53.5 Å². The van der Waals surface area contributed by atoms with Crippen LogP contribution >= 0.6 is 11.3 Å². The summed E-state index contributed by atoms with van der Waals surface area (Å²) in [5.74, 6) is 0.413. The van der Waals surface area contributed by atoms with Crippen LogP contribution in [0, 0.1) is 26.7 Å².